The van der Waals surface area contributed by atoms with Gasteiger partial charge in [-0.1, -0.05) is 142 Å². The Bertz CT molecular complexity index is 736. The molecule has 9 heteroatoms. The molecule has 44 heavy (non-hydrogen) atoms. The average Bonchev–Trinajstić information content (AvgIpc) is 2.98. The predicted octanol–water partition coefficient (Wildman–Crippen LogP) is 10.3. The molecular formula is C35H67O8P. The second-order valence-electron chi connectivity index (χ2n) is 12.2. The zero-order valence-electron chi connectivity index (χ0n) is 28.3. The first kappa shape index (κ1) is 42.8. The fourth-order valence-corrected chi connectivity index (χ4v) is 5.43. The van der Waals surface area contributed by atoms with Crippen LogP contribution in [0.1, 0.15) is 181 Å². The normalized spacial score (nSPS) is 12.5. The molecule has 0 aliphatic rings. The van der Waals surface area contributed by atoms with Crippen LogP contribution in [0.3, 0.4) is 0 Å². The van der Waals surface area contributed by atoms with E-state index < -0.39 is 32.5 Å². The summed E-state index contributed by atoms with van der Waals surface area (Å²) < 4.78 is 26.2. The van der Waals surface area contributed by atoms with Crippen LogP contribution in [0.2, 0.25) is 0 Å². The molecule has 0 aromatic rings. The standard InChI is InChI=1S/C35H67O8P/c1-3-5-7-9-11-13-15-17-19-21-23-25-27-29-34(36)41-31-33(32-42-44(38,39)40)43-35(37)30-28-26-24-22-20-18-16-14-12-10-8-6-4-2/h18,20,33H,3-17,19,21-32H2,1-2H3,(H2,38,39,40)/b20-18+/t33-/m1/s1. The number of rotatable bonds is 33. The van der Waals surface area contributed by atoms with Crippen LogP contribution in [-0.4, -0.2) is 41.0 Å². The Kier molecular flexibility index (Phi) is 30.9. The maximum atomic E-state index is 12.3. The Hall–Kier alpha value is -1.21. The quantitative estimate of drug-likeness (QED) is 0.0313. The summed E-state index contributed by atoms with van der Waals surface area (Å²) in [7, 11) is -4.74. The molecule has 0 rings (SSSR count). The predicted molar refractivity (Wildman–Crippen MR) is 179 cm³/mol. The van der Waals surface area contributed by atoms with Gasteiger partial charge in [-0.05, 0) is 38.5 Å². The fourth-order valence-electron chi connectivity index (χ4n) is 5.07. The number of hydrogen-bond acceptors (Lipinski definition) is 6. The number of allylic oxidation sites excluding steroid dienone is 2. The first-order chi connectivity index (χ1) is 21.3. The lowest BCUT2D eigenvalue weighted by molar-refractivity contribution is -0.161. The van der Waals surface area contributed by atoms with Gasteiger partial charge in [0.25, 0.3) is 0 Å². The number of hydrogen-bond donors (Lipinski definition) is 2. The third kappa shape index (κ3) is 33.7. The molecule has 0 spiro atoms. The van der Waals surface area contributed by atoms with Gasteiger partial charge in [-0.15, -0.1) is 0 Å². The molecule has 0 saturated heterocycles. The van der Waals surface area contributed by atoms with Crippen molar-refractivity contribution in [3.05, 3.63) is 12.2 Å². The Balaban J connectivity index is 3.99. The van der Waals surface area contributed by atoms with Crippen LogP contribution in [-0.2, 0) is 28.2 Å². The summed E-state index contributed by atoms with van der Waals surface area (Å²) in [6, 6.07) is 0. The van der Waals surface area contributed by atoms with Crippen molar-refractivity contribution in [1.82, 2.24) is 0 Å². The zero-order valence-corrected chi connectivity index (χ0v) is 29.2. The minimum atomic E-state index is -4.74. The zero-order chi connectivity index (χ0) is 32.6. The van der Waals surface area contributed by atoms with Crippen LogP contribution in [0.4, 0.5) is 0 Å². The van der Waals surface area contributed by atoms with Crippen molar-refractivity contribution in [2.45, 2.75) is 187 Å². The minimum Gasteiger partial charge on any atom is -0.462 e. The summed E-state index contributed by atoms with van der Waals surface area (Å²) in [6.07, 6.45) is 32.2. The van der Waals surface area contributed by atoms with Gasteiger partial charge in [0.05, 0.1) is 6.61 Å². The Morgan fingerprint density at radius 3 is 1.41 bits per heavy atom. The fraction of sp³-hybridized carbons (Fsp3) is 0.886. The molecule has 0 aliphatic carbocycles. The smallest absolute Gasteiger partial charge is 0.462 e. The van der Waals surface area contributed by atoms with Gasteiger partial charge in [0, 0.05) is 12.8 Å². The summed E-state index contributed by atoms with van der Waals surface area (Å²) in [5.41, 5.74) is 0. The van der Waals surface area contributed by atoms with Gasteiger partial charge >= 0.3 is 19.8 Å². The van der Waals surface area contributed by atoms with E-state index in [1.807, 2.05) is 0 Å². The van der Waals surface area contributed by atoms with Crippen LogP contribution in [0, 0.1) is 0 Å². The highest BCUT2D eigenvalue weighted by Crippen LogP contribution is 2.36. The van der Waals surface area contributed by atoms with E-state index in [4.69, 9.17) is 19.3 Å². The van der Waals surface area contributed by atoms with E-state index >= 15 is 0 Å². The van der Waals surface area contributed by atoms with Gasteiger partial charge in [-0.3, -0.25) is 14.1 Å². The highest BCUT2D eigenvalue weighted by molar-refractivity contribution is 7.46. The van der Waals surface area contributed by atoms with Crippen molar-refractivity contribution in [1.29, 1.82) is 0 Å². The largest absolute Gasteiger partial charge is 0.469 e. The lowest BCUT2D eigenvalue weighted by Crippen LogP contribution is -2.29. The molecule has 0 unspecified atom stereocenters. The molecule has 1 atom stereocenters. The molecule has 0 heterocycles. The number of esters is 2. The molecule has 0 aromatic heterocycles. The van der Waals surface area contributed by atoms with Gasteiger partial charge in [0.2, 0.25) is 0 Å². The Morgan fingerprint density at radius 2 is 0.955 bits per heavy atom. The number of phosphoric acid groups is 1. The Morgan fingerprint density at radius 1 is 0.568 bits per heavy atom. The number of ether oxygens (including phenoxy) is 2. The third-order valence-electron chi connectivity index (χ3n) is 7.78. The molecule has 8 nitrogen and oxygen atoms in total. The van der Waals surface area contributed by atoms with Crippen LogP contribution >= 0.6 is 7.82 Å². The van der Waals surface area contributed by atoms with Crippen LogP contribution in [0.25, 0.3) is 0 Å². The summed E-state index contributed by atoms with van der Waals surface area (Å²) in [4.78, 5) is 42.6. The van der Waals surface area contributed by atoms with E-state index in [-0.39, 0.29) is 19.4 Å². The number of unbranched alkanes of at least 4 members (excludes halogenated alkanes) is 21. The highest BCUT2D eigenvalue weighted by atomic mass is 31.2. The van der Waals surface area contributed by atoms with Crippen molar-refractivity contribution in [3.8, 4) is 0 Å². The van der Waals surface area contributed by atoms with Crippen molar-refractivity contribution in [3.63, 3.8) is 0 Å². The van der Waals surface area contributed by atoms with Crippen molar-refractivity contribution in [2.24, 2.45) is 0 Å². The van der Waals surface area contributed by atoms with Gasteiger partial charge < -0.3 is 19.3 Å². The summed E-state index contributed by atoms with van der Waals surface area (Å²) >= 11 is 0. The van der Waals surface area contributed by atoms with Crippen LogP contribution in [0.5, 0.6) is 0 Å². The molecule has 0 radical (unpaired) electrons. The highest BCUT2D eigenvalue weighted by Gasteiger charge is 2.22. The molecule has 0 aliphatic heterocycles. The molecule has 0 amide bonds. The number of phosphoric ester groups is 1. The molecular weight excluding hydrogens is 579 g/mol. The van der Waals surface area contributed by atoms with Crippen LogP contribution < -0.4 is 0 Å². The topological polar surface area (TPSA) is 119 Å². The minimum absolute atomic E-state index is 0.195. The first-order valence-electron chi connectivity index (χ1n) is 18.0. The first-order valence-corrected chi connectivity index (χ1v) is 19.5. The SMILES string of the molecule is CCCCCCCC/C=C/CCCCCC(=O)O[C@H](COC(=O)CCCCCCCCCCCCCCC)COP(=O)(O)O. The van der Waals surface area contributed by atoms with Gasteiger partial charge in [0.1, 0.15) is 6.61 Å². The second kappa shape index (κ2) is 31.8. The molecule has 0 bridgehead atoms. The average molecular weight is 647 g/mol. The summed E-state index contributed by atoms with van der Waals surface area (Å²) in [6.45, 7) is 3.65. The monoisotopic (exact) mass is 646 g/mol. The third-order valence-corrected chi connectivity index (χ3v) is 8.27. The van der Waals surface area contributed by atoms with E-state index in [9.17, 15) is 14.2 Å². The van der Waals surface area contributed by atoms with Crippen molar-refractivity contribution >= 4 is 19.8 Å². The Labute approximate surface area is 269 Å². The van der Waals surface area contributed by atoms with E-state index in [1.54, 1.807) is 0 Å². The van der Waals surface area contributed by atoms with E-state index in [0.29, 0.717) is 6.42 Å². The van der Waals surface area contributed by atoms with E-state index in [0.717, 1.165) is 44.9 Å². The lowest BCUT2D eigenvalue weighted by Gasteiger charge is -2.18. The lowest BCUT2D eigenvalue weighted by atomic mass is 10.0. The van der Waals surface area contributed by atoms with E-state index in [1.165, 1.54) is 103 Å². The van der Waals surface area contributed by atoms with Crippen molar-refractivity contribution in [2.75, 3.05) is 13.2 Å². The molecule has 0 aromatic carbocycles. The van der Waals surface area contributed by atoms with Crippen molar-refractivity contribution < 1.29 is 37.9 Å². The van der Waals surface area contributed by atoms with Crippen LogP contribution in [0.15, 0.2) is 12.2 Å². The maximum Gasteiger partial charge on any atom is 0.469 e. The molecule has 0 saturated carbocycles. The number of carbonyl (C=O) groups excluding carboxylic acids is 2. The molecule has 0 fully saturated rings. The molecule has 260 valence electrons. The number of carbonyl (C=O) groups is 2. The second-order valence-corrected chi connectivity index (χ2v) is 13.4. The summed E-state index contributed by atoms with van der Waals surface area (Å²) in [5.74, 6) is -0.898. The van der Waals surface area contributed by atoms with E-state index in [2.05, 4.69) is 30.5 Å². The molecule has 2 N–H and O–H groups in total. The maximum absolute atomic E-state index is 12.3. The van der Waals surface area contributed by atoms with Gasteiger partial charge in [-0.25, -0.2) is 4.57 Å². The summed E-state index contributed by atoms with van der Waals surface area (Å²) in [5, 5.41) is 0. The van der Waals surface area contributed by atoms with Gasteiger partial charge in [0.15, 0.2) is 6.10 Å². The van der Waals surface area contributed by atoms with Gasteiger partial charge in [-0.2, -0.15) is 0 Å².